The second-order valence-corrected chi connectivity index (χ2v) is 14.8. The molecule has 0 saturated heterocycles. The number of anilines is 5. The maximum absolute atomic E-state index is 7.18. The van der Waals surface area contributed by atoms with Gasteiger partial charge in [0, 0.05) is 50.5 Å². The van der Waals surface area contributed by atoms with Gasteiger partial charge in [-0.15, -0.1) is 0 Å². The maximum atomic E-state index is 7.18. The molecule has 0 spiro atoms. The van der Waals surface area contributed by atoms with E-state index in [9.17, 15) is 0 Å². The quantitative estimate of drug-likeness (QED) is 0.170. The number of hydrogen-bond donors (Lipinski definition) is 0. The van der Waals surface area contributed by atoms with Crippen LogP contribution in [0.15, 0.2) is 194 Å². The van der Waals surface area contributed by atoms with Gasteiger partial charge in [-0.3, -0.25) is 0 Å². The van der Waals surface area contributed by atoms with E-state index in [0.29, 0.717) is 0 Å². The molecule has 3 aliphatic rings. The van der Waals surface area contributed by atoms with Crippen molar-refractivity contribution >= 4 is 67.9 Å². The number of nitrogens with zero attached hydrogens (tertiary/aromatic N) is 3. The van der Waals surface area contributed by atoms with Crippen molar-refractivity contribution in [3.63, 3.8) is 0 Å². The van der Waals surface area contributed by atoms with Crippen LogP contribution in [0.1, 0.15) is 11.6 Å². The predicted octanol–water partition coefficient (Wildman–Crippen LogP) is 11.0. The Morgan fingerprint density at radius 1 is 0.455 bits per heavy atom. The molecule has 0 fully saturated rings. The van der Waals surface area contributed by atoms with E-state index in [1.165, 1.54) is 66.5 Å². The average molecular weight is 704 g/mol. The van der Waals surface area contributed by atoms with Crippen LogP contribution in [0.5, 0.6) is 5.75 Å². The lowest BCUT2D eigenvalue weighted by atomic mass is 9.32. The molecule has 0 saturated carbocycles. The van der Waals surface area contributed by atoms with Crippen LogP contribution in [0.2, 0.25) is 0 Å². The zero-order valence-electron chi connectivity index (χ0n) is 30.0. The van der Waals surface area contributed by atoms with Crippen LogP contribution in [0.25, 0.3) is 38.6 Å². The fourth-order valence-electron chi connectivity index (χ4n) is 9.75. The highest BCUT2D eigenvalue weighted by atomic mass is 16.5. The molecule has 8 aromatic carbocycles. The Balaban J connectivity index is 1.12. The summed E-state index contributed by atoms with van der Waals surface area (Å²) in [5.74, 6) is 0.963. The third kappa shape index (κ3) is 4.41. The second-order valence-electron chi connectivity index (χ2n) is 14.8. The Labute approximate surface area is 320 Å². The second kappa shape index (κ2) is 11.8. The molecule has 1 aromatic heterocycles. The Kier molecular flexibility index (Phi) is 6.52. The molecule has 2 atom stereocenters. The topological polar surface area (TPSA) is 20.6 Å². The van der Waals surface area contributed by atoms with Crippen LogP contribution in [0.3, 0.4) is 0 Å². The third-order valence-corrected chi connectivity index (χ3v) is 12.0. The Bertz CT molecular complexity index is 2900. The van der Waals surface area contributed by atoms with Crippen LogP contribution in [-0.2, 0) is 0 Å². The Morgan fingerprint density at radius 3 is 1.89 bits per heavy atom. The fourth-order valence-corrected chi connectivity index (χ4v) is 9.75. The molecule has 4 nitrogen and oxygen atoms in total. The number of fused-ring (bicyclic) bond motifs is 9. The molecule has 258 valence electrons. The zero-order valence-corrected chi connectivity index (χ0v) is 30.0. The van der Waals surface area contributed by atoms with Gasteiger partial charge in [-0.2, -0.15) is 0 Å². The number of para-hydroxylation sites is 4. The molecule has 2 unspecified atom stereocenters. The van der Waals surface area contributed by atoms with E-state index in [1.54, 1.807) is 0 Å². The van der Waals surface area contributed by atoms with E-state index < -0.39 is 0 Å². The lowest BCUT2D eigenvalue weighted by Crippen LogP contribution is -2.65. The van der Waals surface area contributed by atoms with E-state index in [2.05, 4.69) is 208 Å². The first kappa shape index (κ1) is 30.5. The number of hydrogen-bond acceptors (Lipinski definition) is 3. The van der Waals surface area contributed by atoms with Gasteiger partial charge in [-0.1, -0.05) is 127 Å². The predicted molar refractivity (Wildman–Crippen MR) is 228 cm³/mol. The lowest BCUT2D eigenvalue weighted by molar-refractivity contribution is 0.282. The molecule has 3 aliphatic heterocycles. The lowest BCUT2D eigenvalue weighted by Gasteiger charge is -2.48. The SMILES string of the molecule is c1ccc(-c2cccc(N3c4cccc5c4B(c4ccc(-n6c7ccccc7c7ccccc76)cc4N5c4ccccc4)C4Oc5ccccc5C43)c2)cc1. The Morgan fingerprint density at radius 2 is 1.09 bits per heavy atom. The van der Waals surface area contributed by atoms with Crippen LogP contribution < -0.4 is 25.5 Å². The standard InChI is InChI=1S/C50H34BN3O/c1-3-15-33(16-4-1)34-17-13-20-36(31-34)54-45-27-14-26-44-48(45)51(50-49(54)40-23-9-12-28-47(40)55-50)41-30-29-37(32-46(41)52(44)35-18-5-2-6-19-35)53-42-24-10-7-21-38(42)39-22-8-11-25-43(39)53/h1-32,49-50H. The monoisotopic (exact) mass is 703 g/mol. The van der Waals surface area contributed by atoms with Crippen molar-refractivity contribution in [1.29, 1.82) is 0 Å². The van der Waals surface area contributed by atoms with Gasteiger partial charge in [0.25, 0.3) is 6.71 Å². The van der Waals surface area contributed by atoms with Crippen molar-refractivity contribution in [2.24, 2.45) is 0 Å². The van der Waals surface area contributed by atoms with Crippen molar-refractivity contribution in [3.05, 3.63) is 200 Å². The molecule has 12 rings (SSSR count). The van der Waals surface area contributed by atoms with Crippen molar-refractivity contribution in [2.75, 3.05) is 9.80 Å². The van der Waals surface area contributed by atoms with Gasteiger partial charge in [-0.05, 0) is 88.8 Å². The summed E-state index contributed by atoms with van der Waals surface area (Å²) in [6.45, 7) is -0.000631. The largest absolute Gasteiger partial charge is 0.495 e. The van der Waals surface area contributed by atoms with Crippen molar-refractivity contribution < 1.29 is 4.74 Å². The summed E-state index contributed by atoms with van der Waals surface area (Å²) in [5.41, 5.74) is 15.6. The molecule has 5 heteroatoms. The van der Waals surface area contributed by atoms with Crippen LogP contribution in [-0.4, -0.2) is 17.3 Å². The highest BCUT2D eigenvalue weighted by Gasteiger charge is 2.55. The van der Waals surface area contributed by atoms with Crippen LogP contribution >= 0.6 is 0 Å². The molecular weight excluding hydrogens is 669 g/mol. The van der Waals surface area contributed by atoms with E-state index >= 15 is 0 Å². The van der Waals surface area contributed by atoms with E-state index in [1.807, 2.05) is 0 Å². The van der Waals surface area contributed by atoms with Gasteiger partial charge in [0.1, 0.15) is 11.8 Å². The number of ether oxygens (including phenoxy) is 1. The normalized spacial score (nSPS) is 16.4. The highest BCUT2D eigenvalue weighted by Crippen LogP contribution is 2.52. The molecule has 0 N–H and O–H groups in total. The molecule has 4 heterocycles. The maximum Gasteiger partial charge on any atom is 0.267 e. The van der Waals surface area contributed by atoms with E-state index in [4.69, 9.17) is 4.74 Å². The van der Waals surface area contributed by atoms with Crippen molar-refractivity contribution in [3.8, 4) is 22.6 Å². The van der Waals surface area contributed by atoms with Crippen LogP contribution in [0, 0.1) is 0 Å². The number of aromatic nitrogens is 1. The van der Waals surface area contributed by atoms with Gasteiger partial charge in [-0.25, -0.2) is 0 Å². The van der Waals surface area contributed by atoms with E-state index in [0.717, 1.165) is 22.8 Å². The van der Waals surface area contributed by atoms with E-state index in [-0.39, 0.29) is 18.8 Å². The van der Waals surface area contributed by atoms with Gasteiger partial charge in [0.2, 0.25) is 0 Å². The highest BCUT2D eigenvalue weighted by molar-refractivity contribution is 6.91. The summed E-state index contributed by atoms with van der Waals surface area (Å²) >= 11 is 0. The van der Waals surface area contributed by atoms with Gasteiger partial charge < -0.3 is 19.1 Å². The first-order valence-electron chi connectivity index (χ1n) is 19.1. The molecule has 0 amide bonds. The van der Waals surface area contributed by atoms with Gasteiger partial charge >= 0.3 is 0 Å². The Hall–Kier alpha value is -6.98. The van der Waals surface area contributed by atoms with Crippen LogP contribution in [0.4, 0.5) is 28.4 Å². The number of rotatable bonds is 4. The molecule has 9 aromatic rings. The third-order valence-electron chi connectivity index (χ3n) is 12.0. The molecule has 55 heavy (non-hydrogen) atoms. The molecule has 0 bridgehead atoms. The van der Waals surface area contributed by atoms with Gasteiger partial charge in [0.15, 0.2) is 0 Å². The van der Waals surface area contributed by atoms with Crippen molar-refractivity contribution in [2.45, 2.75) is 12.0 Å². The first-order chi connectivity index (χ1) is 27.3. The van der Waals surface area contributed by atoms with Gasteiger partial charge in [0.05, 0.1) is 17.1 Å². The molecular formula is C50H34BN3O. The fraction of sp³-hybridized carbons (Fsp3) is 0.0400. The number of benzene rings is 8. The average Bonchev–Trinajstić information content (AvgIpc) is 3.80. The first-order valence-corrected chi connectivity index (χ1v) is 19.1. The smallest absolute Gasteiger partial charge is 0.267 e. The molecule has 0 aliphatic carbocycles. The summed E-state index contributed by atoms with van der Waals surface area (Å²) in [5, 5.41) is 2.52. The van der Waals surface area contributed by atoms with Crippen molar-refractivity contribution in [1.82, 2.24) is 4.57 Å². The zero-order chi connectivity index (χ0) is 36.0. The minimum Gasteiger partial charge on any atom is -0.495 e. The summed E-state index contributed by atoms with van der Waals surface area (Å²) < 4.78 is 9.60. The summed E-state index contributed by atoms with van der Waals surface area (Å²) in [6.07, 6.45) is 0. The minimum atomic E-state index is -0.151. The molecule has 0 radical (unpaired) electrons. The minimum absolute atomic E-state index is 0.000631. The summed E-state index contributed by atoms with van der Waals surface area (Å²) in [6, 6.07) is 70.5. The summed E-state index contributed by atoms with van der Waals surface area (Å²) in [7, 11) is 0. The summed E-state index contributed by atoms with van der Waals surface area (Å²) in [4.78, 5) is 5.03.